The summed E-state index contributed by atoms with van der Waals surface area (Å²) in [5, 5.41) is 3.21. The highest BCUT2D eigenvalue weighted by atomic mass is 19.1. The zero-order chi connectivity index (χ0) is 17.8. The maximum Gasteiger partial charge on any atom is 0.410 e. The van der Waals surface area contributed by atoms with Crippen molar-refractivity contribution in [3.05, 3.63) is 29.3 Å². The zero-order valence-electron chi connectivity index (χ0n) is 14.4. The Bertz CT molecular complexity index is 599. The highest BCUT2D eigenvalue weighted by molar-refractivity contribution is 5.68. The van der Waals surface area contributed by atoms with Crippen LogP contribution in [0.5, 0.6) is 5.75 Å². The second-order valence-electron chi connectivity index (χ2n) is 6.63. The average molecular weight is 354 g/mol. The van der Waals surface area contributed by atoms with Gasteiger partial charge in [0.2, 0.25) is 0 Å². The lowest BCUT2D eigenvalue weighted by Crippen LogP contribution is -2.53. The molecule has 1 aliphatic carbocycles. The summed E-state index contributed by atoms with van der Waals surface area (Å²) in [7, 11) is 0. The van der Waals surface area contributed by atoms with Crippen LogP contribution in [0.25, 0.3) is 0 Å². The molecule has 0 spiro atoms. The van der Waals surface area contributed by atoms with Crippen LogP contribution in [0.2, 0.25) is 0 Å². The number of carbonyl (C=O) groups is 1. The molecule has 1 atom stereocenters. The number of hydrogen-bond acceptors (Lipinski definition) is 4. The van der Waals surface area contributed by atoms with Gasteiger partial charge in [0.25, 0.3) is 0 Å². The first kappa shape index (κ1) is 17.9. The van der Waals surface area contributed by atoms with Gasteiger partial charge in [0.1, 0.15) is 24.0 Å². The highest BCUT2D eigenvalue weighted by Crippen LogP contribution is 2.30. The molecule has 1 amide bonds. The summed E-state index contributed by atoms with van der Waals surface area (Å²) in [5.74, 6) is -0.848. The summed E-state index contributed by atoms with van der Waals surface area (Å²) >= 11 is 0. The van der Waals surface area contributed by atoms with E-state index < -0.39 is 24.3 Å². The third kappa shape index (κ3) is 4.60. The molecule has 1 N–H and O–H groups in total. The van der Waals surface area contributed by atoms with Crippen LogP contribution in [-0.4, -0.2) is 43.3 Å². The molecule has 1 saturated heterocycles. The fourth-order valence-corrected chi connectivity index (χ4v) is 2.88. The molecule has 1 unspecified atom stereocenters. The summed E-state index contributed by atoms with van der Waals surface area (Å²) < 4.78 is 38.8. The lowest BCUT2D eigenvalue weighted by atomic mass is 10.1. The number of benzene rings is 1. The lowest BCUT2D eigenvalue weighted by Gasteiger charge is -2.34. The van der Waals surface area contributed by atoms with Gasteiger partial charge < -0.3 is 19.7 Å². The van der Waals surface area contributed by atoms with Gasteiger partial charge in [-0.1, -0.05) is 6.92 Å². The van der Waals surface area contributed by atoms with E-state index in [1.54, 1.807) is 4.90 Å². The molecule has 0 bridgehead atoms. The second-order valence-corrected chi connectivity index (χ2v) is 6.63. The molecule has 1 heterocycles. The molecule has 1 aromatic carbocycles. The number of rotatable bonds is 6. The van der Waals surface area contributed by atoms with Crippen LogP contribution in [0, 0.1) is 17.6 Å². The third-order valence-corrected chi connectivity index (χ3v) is 4.69. The summed E-state index contributed by atoms with van der Waals surface area (Å²) in [6.45, 7) is 3.94. The maximum atomic E-state index is 14.2. The van der Waals surface area contributed by atoms with Crippen molar-refractivity contribution in [1.29, 1.82) is 0 Å². The van der Waals surface area contributed by atoms with Gasteiger partial charge in [-0.2, -0.15) is 0 Å². The van der Waals surface area contributed by atoms with Crippen LogP contribution in [0.15, 0.2) is 12.1 Å². The standard InChI is InChI=1S/C18H24F2N2O3/c1-2-13-9-21-5-6-22(13)18(23)25-11-15-16(19)7-14(8-17(15)20)24-10-12-3-4-12/h7-8,12-13,21H,2-6,9-11H2,1H3. The maximum absolute atomic E-state index is 14.2. The van der Waals surface area contributed by atoms with Gasteiger partial charge in [0.15, 0.2) is 0 Å². The number of piperazine rings is 1. The van der Waals surface area contributed by atoms with E-state index in [2.05, 4.69) is 5.32 Å². The molecule has 5 nitrogen and oxygen atoms in total. The molecule has 138 valence electrons. The molecule has 7 heteroatoms. The van der Waals surface area contributed by atoms with Crippen LogP contribution >= 0.6 is 0 Å². The highest BCUT2D eigenvalue weighted by Gasteiger charge is 2.27. The van der Waals surface area contributed by atoms with E-state index in [1.807, 2.05) is 6.92 Å². The van der Waals surface area contributed by atoms with Crippen molar-refractivity contribution in [2.24, 2.45) is 5.92 Å². The topological polar surface area (TPSA) is 50.8 Å². The van der Waals surface area contributed by atoms with Gasteiger partial charge in [-0.15, -0.1) is 0 Å². The Balaban J connectivity index is 1.58. The SMILES string of the molecule is CCC1CNCCN1C(=O)OCc1c(F)cc(OCC2CC2)cc1F. The number of halogens is 2. The number of amides is 1. The quantitative estimate of drug-likeness (QED) is 0.853. The van der Waals surface area contributed by atoms with Crippen molar-refractivity contribution in [1.82, 2.24) is 10.2 Å². The monoisotopic (exact) mass is 354 g/mol. The first-order valence-corrected chi connectivity index (χ1v) is 8.83. The van der Waals surface area contributed by atoms with Gasteiger partial charge in [-0.3, -0.25) is 0 Å². The van der Waals surface area contributed by atoms with Gasteiger partial charge in [0.05, 0.1) is 12.2 Å². The largest absolute Gasteiger partial charge is 0.493 e. The molecule has 1 aromatic rings. The van der Waals surface area contributed by atoms with Crippen molar-refractivity contribution in [2.75, 3.05) is 26.2 Å². The third-order valence-electron chi connectivity index (χ3n) is 4.69. The zero-order valence-corrected chi connectivity index (χ0v) is 14.4. The predicted octanol–water partition coefficient (Wildman–Crippen LogP) is 3.07. The van der Waals surface area contributed by atoms with Crippen molar-refractivity contribution < 1.29 is 23.0 Å². The van der Waals surface area contributed by atoms with Crippen molar-refractivity contribution in [2.45, 2.75) is 38.8 Å². The summed E-state index contributed by atoms with van der Waals surface area (Å²) in [6, 6.07) is 2.33. The van der Waals surface area contributed by atoms with Crippen LogP contribution in [0.1, 0.15) is 31.7 Å². The van der Waals surface area contributed by atoms with Gasteiger partial charge in [-0.05, 0) is 25.2 Å². The smallest absolute Gasteiger partial charge is 0.410 e. The van der Waals surface area contributed by atoms with E-state index >= 15 is 0 Å². The van der Waals surface area contributed by atoms with E-state index in [-0.39, 0.29) is 17.4 Å². The van der Waals surface area contributed by atoms with Crippen LogP contribution in [0.3, 0.4) is 0 Å². The number of nitrogens with zero attached hydrogens (tertiary/aromatic N) is 1. The minimum atomic E-state index is -0.758. The van der Waals surface area contributed by atoms with Crippen LogP contribution in [-0.2, 0) is 11.3 Å². The first-order valence-electron chi connectivity index (χ1n) is 8.83. The van der Waals surface area contributed by atoms with E-state index in [0.717, 1.165) is 31.4 Å². The van der Waals surface area contributed by atoms with Crippen molar-refractivity contribution in [3.63, 3.8) is 0 Å². The molecule has 3 rings (SSSR count). The molecular weight excluding hydrogens is 330 g/mol. The van der Waals surface area contributed by atoms with Crippen molar-refractivity contribution >= 4 is 6.09 Å². The Morgan fingerprint density at radius 2 is 2.04 bits per heavy atom. The summed E-state index contributed by atoms with van der Waals surface area (Å²) in [4.78, 5) is 13.8. The number of hydrogen-bond donors (Lipinski definition) is 1. The molecule has 0 radical (unpaired) electrons. The Morgan fingerprint density at radius 3 is 2.68 bits per heavy atom. The minimum absolute atomic E-state index is 0.0362. The molecule has 1 aliphatic heterocycles. The van der Waals surface area contributed by atoms with Crippen LogP contribution < -0.4 is 10.1 Å². The molecule has 1 saturated carbocycles. The average Bonchev–Trinajstić information content (AvgIpc) is 3.43. The van der Waals surface area contributed by atoms with E-state index in [1.165, 1.54) is 0 Å². The second kappa shape index (κ2) is 7.99. The van der Waals surface area contributed by atoms with Gasteiger partial charge >= 0.3 is 6.09 Å². The Hall–Kier alpha value is -1.89. The predicted molar refractivity (Wildman–Crippen MR) is 88.4 cm³/mol. The van der Waals surface area contributed by atoms with E-state index in [4.69, 9.17) is 9.47 Å². The summed E-state index contributed by atoms with van der Waals surface area (Å²) in [6.07, 6.45) is 2.45. The molecule has 2 fully saturated rings. The number of ether oxygens (including phenoxy) is 2. The normalized spacial score (nSPS) is 20.4. The van der Waals surface area contributed by atoms with Crippen LogP contribution in [0.4, 0.5) is 13.6 Å². The Kier molecular flexibility index (Phi) is 5.73. The van der Waals surface area contributed by atoms with E-state index in [0.29, 0.717) is 32.2 Å². The molecule has 25 heavy (non-hydrogen) atoms. The van der Waals surface area contributed by atoms with E-state index in [9.17, 15) is 13.6 Å². The fourth-order valence-electron chi connectivity index (χ4n) is 2.88. The number of carbonyl (C=O) groups excluding carboxylic acids is 1. The number of nitrogens with one attached hydrogen (secondary N) is 1. The summed E-state index contributed by atoms with van der Waals surface area (Å²) in [5.41, 5.74) is -0.254. The van der Waals surface area contributed by atoms with Crippen molar-refractivity contribution in [3.8, 4) is 5.75 Å². The molecule has 2 aliphatic rings. The lowest BCUT2D eigenvalue weighted by molar-refractivity contribution is 0.0699. The van der Waals surface area contributed by atoms with Gasteiger partial charge in [0, 0.05) is 37.8 Å². The minimum Gasteiger partial charge on any atom is -0.493 e. The molecule has 0 aromatic heterocycles. The first-order chi connectivity index (χ1) is 12.1. The molecular formula is C18H24F2N2O3. The Labute approximate surface area is 146 Å². The Morgan fingerprint density at radius 1 is 1.32 bits per heavy atom. The van der Waals surface area contributed by atoms with Gasteiger partial charge in [-0.25, -0.2) is 13.6 Å². The fraction of sp³-hybridized carbons (Fsp3) is 0.611.